The van der Waals surface area contributed by atoms with Crippen LogP contribution in [0.5, 0.6) is 11.5 Å². The fraction of sp³-hybridized carbons (Fsp3) is 0.111. The molecule has 2 aromatic carbocycles. The number of amides is 2. The Bertz CT molecular complexity index is 929. The fourth-order valence-electron chi connectivity index (χ4n) is 2.38. The highest BCUT2D eigenvalue weighted by atomic mass is 35.5. The van der Waals surface area contributed by atoms with Gasteiger partial charge >= 0.3 is 0 Å². The molecule has 0 bridgehead atoms. The molecule has 1 aliphatic rings. The van der Waals surface area contributed by atoms with Crippen molar-refractivity contribution < 1.29 is 19.4 Å². The first-order valence-corrected chi connectivity index (χ1v) is 9.17. The Morgan fingerprint density at radius 2 is 1.96 bits per heavy atom. The molecule has 134 valence electrons. The predicted octanol–water partition coefficient (Wildman–Crippen LogP) is 5.34. The van der Waals surface area contributed by atoms with Gasteiger partial charge in [0.25, 0.3) is 11.1 Å². The number of phenols is 1. The number of nitrogens with zero attached hydrogens (tertiary/aromatic N) is 1. The molecule has 3 rings (SSSR count). The van der Waals surface area contributed by atoms with Crippen molar-refractivity contribution in [2.24, 2.45) is 0 Å². The zero-order valence-corrected chi connectivity index (χ0v) is 15.9. The molecule has 0 unspecified atom stereocenters. The third-order valence-corrected chi connectivity index (χ3v) is 5.18. The lowest BCUT2D eigenvalue weighted by molar-refractivity contribution is -0.113. The molecule has 1 fully saturated rings. The second kappa shape index (κ2) is 7.61. The van der Waals surface area contributed by atoms with E-state index < -0.39 is 11.1 Å². The van der Waals surface area contributed by atoms with Crippen LogP contribution in [0.1, 0.15) is 12.5 Å². The van der Waals surface area contributed by atoms with Gasteiger partial charge in [-0.05, 0) is 49.0 Å². The van der Waals surface area contributed by atoms with Gasteiger partial charge in [-0.15, -0.1) is 0 Å². The van der Waals surface area contributed by atoms with E-state index >= 15 is 0 Å². The van der Waals surface area contributed by atoms with Crippen LogP contribution in [0.3, 0.4) is 0 Å². The first-order chi connectivity index (χ1) is 12.4. The van der Waals surface area contributed by atoms with Crippen molar-refractivity contribution in [3.05, 3.63) is 56.9 Å². The van der Waals surface area contributed by atoms with E-state index in [9.17, 15) is 14.7 Å². The maximum atomic E-state index is 12.7. The molecule has 26 heavy (non-hydrogen) atoms. The van der Waals surface area contributed by atoms with Crippen LogP contribution in [-0.4, -0.2) is 22.9 Å². The van der Waals surface area contributed by atoms with Crippen molar-refractivity contribution >= 4 is 57.9 Å². The number of thioether (sulfide) groups is 1. The summed E-state index contributed by atoms with van der Waals surface area (Å²) in [7, 11) is 0. The lowest BCUT2D eigenvalue weighted by atomic mass is 10.1. The average Bonchev–Trinajstić information content (AvgIpc) is 2.88. The van der Waals surface area contributed by atoms with Crippen LogP contribution in [0.4, 0.5) is 10.5 Å². The summed E-state index contributed by atoms with van der Waals surface area (Å²) in [4.78, 5) is 26.2. The number of hydrogen-bond acceptors (Lipinski definition) is 5. The number of carbonyl (C=O) groups is 2. The van der Waals surface area contributed by atoms with Gasteiger partial charge in [0.05, 0.1) is 27.2 Å². The summed E-state index contributed by atoms with van der Waals surface area (Å²) >= 11 is 12.6. The van der Waals surface area contributed by atoms with E-state index in [1.165, 1.54) is 18.2 Å². The highest BCUT2D eigenvalue weighted by molar-refractivity contribution is 8.19. The van der Waals surface area contributed by atoms with Gasteiger partial charge in [0, 0.05) is 5.56 Å². The minimum Gasteiger partial charge on any atom is -0.504 e. The van der Waals surface area contributed by atoms with Crippen molar-refractivity contribution in [1.82, 2.24) is 0 Å². The second-order valence-corrected chi connectivity index (χ2v) is 7.05. The molecule has 1 aliphatic heterocycles. The highest BCUT2D eigenvalue weighted by Crippen LogP contribution is 2.39. The smallest absolute Gasteiger partial charge is 0.298 e. The molecule has 8 heteroatoms. The third-order valence-electron chi connectivity index (χ3n) is 3.57. The Kier molecular flexibility index (Phi) is 5.46. The van der Waals surface area contributed by atoms with Gasteiger partial charge in [0.1, 0.15) is 0 Å². The number of rotatable bonds is 4. The molecule has 1 heterocycles. The van der Waals surface area contributed by atoms with Gasteiger partial charge in [0.2, 0.25) is 0 Å². The summed E-state index contributed by atoms with van der Waals surface area (Å²) in [5.74, 6) is -0.278. The molecular weight excluding hydrogens is 397 g/mol. The van der Waals surface area contributed by atoms with E-state index in [1.54, 1.807) is 31.2 Å². The minimum atomic E-state index is -0.500. The lowest BCUT2D eigenvalue weighted by Crippen LogP contribution is -2.27. The van der Waals surface area contributed by atoms with Gasteiger partial charge in [0.15, 0.2) is 11.5 Å². The Morgan fingerprint density at radius 1 is 1.19 bits per heavy atom. The van der Waals surface area contributed by atoms with Crippen LogP contribution < -0.4 is 9.64 Å². The van der Waals surface area contributed by atoms with E-state index in [4.69, 9.17) is 27.9 Å². The molecule has 2 aromatic rings. The summed E-state index contributed by atoms with van der Waals surface area (Å²) in [6, 6.07) is 9.46. The van der Waals surface area contributed by atoms with Gasteiger partial charge in [-0.3, -0.25) is 9.59 Å². The zero-order valence-electron chi connectivity index (χ0n) is 13.5. The van der Waals surface area contributed by atoms with E-state index in [1.807, 2.05) is 0 Å². The number of anilines is 1. The van der Waals surface area contributed by atoms with Crippen molar-refractivity contribution in [2.75, 3.05) is 11.5 Å². The largest absolute Gasteiger partial charge is 0.504 e. The molecule has 0 radical (unpaired) electrons. The molecular formula is C18H13Cl2NO4S. The number of ether oxygens (including phenoxy) is 1. The molecule has 0 aliphatic carbocycles. The first-order valence-electron chi connectivity index (χ1n) is 7.60. The molecule has 0 aromatic heterocycles. The SMILES string of the molecule is CCOc1cccc(/C=C2\SC(=O)N(c3ccc(Cl)c(Cl)c3)C2=O)c1O. The highest BCUT2D eigenvalue weighted by Gasteiger charge is 2.36. The van der Waals surface area contributed by atoms with E-state index in [0.717, 1.165) is 16.7 Å². The molecule has 5 nitrogen and oxygen atoms in total. The second-order valence-electron chi connectivity index (χ2n) is 5.24. The quantitative estimate of drug-likeness (QED) is 0.690. The van der Waals surface area contributed by atoms with E-state index in [2.05, 4.69) is 0 Å². The summed E-state index contributed by atoms with van der Waals surface area (Å²) in [6.07, 6.45) is 1.46. The van der Waals surface area contributed by atoms with Crippen molar-refractivity contribution in [2.45, 2.75) is 6.92 Å². The van der Waals surface area contributed by atoms with Crippen LogP contribution >= 0.6 is 35.0 Å². The van der Waals surface area contributed by atoms with Crippen LogP contribution in [-0.2, 0) is 4.79 Å². The van der Waals surface area contributed by atoms with Gasteiger partial charge in [-0.2, -0.15) is 0 Å². The van der Waals surface area contributed by atoms with Crippen LogP contribution in [0.15, 0.2) is 41.3 Å². The van der Waals surface area contributed by atoms with Crippen LogP contribution in [0, 0.1) is 0 Å². The minimum absolute atomic E-state index is 0.0873. The number of carbonyl (C=O) groups excluding carboxylic acids is 2. The number of imide groups is 1. The van der Waals surface area contributed by atoms with Gasteiger partial charge in [-0.1, -0.05) is 35.3 Å². The van der Waals surface area contributed by atoms with Crippen LogP contribution in [0.2, 0.25) is 10.0 Å². The zero-order chi connectivity index (χ0) is 18.8. The van der Waals surface area contributed by atoms with Gasteiger partial charge in [-0.25, -0.2) is 4.90 Å². The number of halogens is 2. The number of aromatic hydroxyl groups is 1. The lowest BCUT2D eigenvalue weighted by Gasteiger charge is -2.13. The van der Waals surface area contributed by atoms with Gasteiger partial charge < -0.3 is 9.84 Å². The first kappa shape index (κ1) is 18.6. The standard InChI is InChI=1S/C18H13Cl2NO4S/c1-2-25-14-5-3-4-10(16(14)22)8-15-17(23)21(18(24)26-15)11-6-7-12(19)13(20)9-11/h3-9,22H,2H2,1H3/b15-8-. The molecule has 0 spiro atoms. The van der Waals surface area contributed by atoms with Crippen molar-refractivity contribution in [3.8, 4) is 11.5 Å². The number of hydrogen-bond donors (Lipinski definition) is 1. The molecule has 1 saturated heterocycles. The van der Waals surface area contributed by atoms with E-state index in [-0.39, 0.29) is 15.7 Å². The number of para-hydroxylation sites is 1. The van der Waals surface area contributed by atoms with Crippen molar-refractivity contribution in [3.63, 3.8) is 0 Å². The summed E-state index contributed by atoms with van der Waals surface area (Å²) in [5, 5.41) is 10.4. The molecule has 0 atom stereocenters. The summed E-state index contributed by atoms with van der Waals surface area (Å²) in [6.45, 7) is 2.19. The topological polar surface area (TPSA) is 66.8 Å². The number of benzene rings is 2. The molecule has 1 N–H and O–H groups in total. The third kappa shape index (κ3) is 3.53. The predicted molar refractivity (Wildman–Crippen MR) is 104 cm³/mol. The maximum absolute atomic E-state index is 12.7. The molecule has 0 saturated carbocycles. The van der Waals surface area contributed by atoms with E-state index in [0.29, 0.717) is 28.6 Å². The maximum Gasteiger partial charge on any atom is 0.298 e. The summed E-state index contributed by atoms with van der Waals surface area (Å²) in [5.41, 5.74) is 0.716. The fourth-order valence-corrected chi connectivity index (χ4v) is 3.51. The monoisotopic (exact) mass is 409 g/mol. The molecule has 2 amide bonds. The Hall–Kier alpha value is -2.15. The average molecular weight is 410 g/mol. The van der Waals surface area contributed by atoms with Crippen molar-refractivity contribution in [1.29, 1.82) is 0 Å². The normalized spacial score (nSPS) is 15.8. The Labute approximate surface area is 164 Å². The Morgan fingerprint density at radius 3 is 2.65 bits per heavy atom. The Balaban J connectivity index is 1.95. The van der Waals surface area contributed by atoms with Crippen LogP contribution in [0.25, 0.3) is 6.08 Å². The summed E-state index contributed by atoms with van der Waals surface area (Å²) < 4.78 is 5.33. The number of phenolic OH excluding ortho intramolecular Hbond substituents is 1.